The van der Waals surface area contributed by atoms with Gasteiger partial charge in [0.1, 0.15) is 5.69 Å². The maximum absolute atomic E-state index is 12.0. The maximum atomic E-state index is 12.0. The second kappa shape index (κ2) is 4.40. The monoisotopic (exact) mass is 333 g/mol. The first-order valence-electron chi connectivity index (χ1n) is 4.39. The van der Waals surface area contributed by atoms with Gasteiger partial charge in [0, 0.05) is 17.5 Å². The first-order chi connectivity index (χ1) is 7.22. The Balaban J connectivity index is 2.36. The van der Waals surface area contributed by atoms with Gasteiger partial charge in [0.05, 0.1) is 9.08 Å². The number of rotatable bonds is 3. The molecule has 0 saturated carbocycles. The number of halogens is 1. The molecule has 0 amide bonds. The zero-order valence-electron chi connectivity index (χ0n) is 7.98. The number of thiophene rings is 1. The minimum atomic E-state index is -0.0129. The number of hydrogen-bond acceptors (Lipinski definition) is 4. The number of aryl methyl sites for hydroxylation is 1. The number of carbonyl (C=O) groups excluding carboxylic acids is 1. The third kappa shape index (κ3) is 2.10. The minimum absolute atomic E-state index is 0.0129. The van der Waals surface area contributed by atoms with E-state index in [4.69, 9.17) is 0 Å². The molecule has 2 aromatic rings. The first kappa shape index (κ1) is 10.7. The molecule has 0 spiro atoms. The smallest absolute Gasteiger partial charge is 0.213 e. The van der Waals surface area contributed by atoms with Crippen LogP contribution < -0.4 is 0 Å². The van der Waals surface area contributed by atoms with Crippen molar-refractivity contribution in [3.05, 3.63) is 31.8 Å². The van der Waals surface area contributed by atoms with Crippen LogP contribution in [0.15, 0.2) is 17.6 Å². The predicted molar refractivity (Wildman–Crippen MR) is 66.2 cm³/mol. The second-order valence-electron chi connectivity index (χ2n) is 2.90. The average molecular weight is 333 g/mol. The van der Waals surface area contributed by atoms with Gasteiger partial charge in [0.2, 0.25) is 5.78 Å². The lowest BCUT2D eigenvalue weighted by atomic mass is 10.2. The van der Waals surface area contributed by atoms with Crippen molar-refractivity contribution in [2.75, 3.05) is 0 Å². The fraction of sp³-hybridized carbons (Fsp3) is 0.222. The number of aromatic nitrogens is 3. The highest BCUT2D eigenvalue weighted by atomic mass is 127. The lowest BCUT2D eigenvalue weighted by molar-refractivity contribution is 0.102. The van der Waals surface area contributed by atoms with E-state index in [-0.39, 0.29) is 5.78 Å². The molecule has 0 N–H and O–H groups in total. The Labute approximate surface area is 104 Å². The van der Waals surface area contributed by atoms with Crippen LogP contribution in [0.25, 0.3) is 0 Å². The van der Waals surface area contributed by atoms with Gasteiger partial charge in [-0.3, -0.25) is 4.79 Å². The molecule has 0 aliphatic heterocycles. The molecule has 0 atom stereocenters. The van der Waals surface area contributed by atoms with E-state index in [1.807, 2.05) is 18.4 Å². The van der Waals surface area contributed by atoms with Gasteiger partial charge in [-0.25, -0.2) is 4.68 Å². The van der Waals surface area contributed by atoms with Crippen LogP contribution in [0.1, 0.15) is 23.0 Å². The quantitative estimate of drug-likeness (QED) is 0.639. The molecule has 0 aromatic carbocycles. The number of ketones is 1. The zero-order valence-corrected chi connectivity index (χ0v) is 10.9. The van der Waals surface area contributed by atoms with Gasteiger partial charge in [-0.15, -0.1) is 16.4 Å². The minimum Gasteiger partial charge on any atom is -0.287 e. The summed E-state index contributed by atoms with van der Waals surface area (Å²) in [7, 11) is 0. The lowest BCUT2D eigenvalue weighted by Crippen LogP contribution is -2.09. The van der Waals surface area contributed by atoms with Crippen LogP contribution in [0.5, 0.6) is 0 Å². The Hall–Kier alpha value is -0.760. The zero-order chi connectivity index (χ0) is 10.8. The summed E-state index contributed by atoms with van der Waals surface area (Å²) in [6, 6.07) is 1.88. The summed E-state index contributed by atoms with van der Waals surface area (Å²) in [5.74, 6) is -0.0129. The van der Waals surface area contributed by atoms with Gasteiger partial charge in [-0.05, 0) is 35.6 Å². The summed E-state index contributed by atoms with van der Waals surface area (Å²) >= 11 is 3.76. The van der Waals surface area contributed by atoms with Crippen molar-refractivity contribution in [2.45, 2.75) is 13.5 Å². The lowest BCUT2D eigenvalue weighted by Gasteiger charge is -1.99. The van der Waals surface area contributed by atoms with E-state index in [9.17, 15) is 4.79 Å². The van der Waals surface area contributed by atoms with E-state index in [0.717, 1.165) is 2.88 Å². The Kier molecular flexibility index (Phi) is 3.15. The van der Waals surface area contributed by atoms with E-state index in [2.05, 4.69) is 32.9 Å². The van der Waals surface area contributed by atoms with Crippen LogP contribution in [-0.2, 0) is 6.54 Å². The van der Waals surface area contributed by atoms with Crippen LogP contribution in [0.2, 0.25) is 0 Å². The molecule has 2 heterocycles. The van der Waals surface area contributed by atoms with Crippen LogP contribution in [0, 0.1) is 2.88 Å². The number of carbonyl (C=O) groups is 1. The highest BCUT2D eigenvalue weighted by Crippen LogP contribution is 2.19. The molecule has 0 unspecified atom stereocenters. The summed E-state index contributed by atoms with van der Waals surface area (Å²) in [6.07, 6.45) is 1.51. The van der Waals surface area contributed by atoms with Crippen molar-refractivity contribution in [3.63, 3.8) is 0 Å². The van der Waals surface area contributed by atoms with Gasteiger partial charge in [0.15, 0.2) is 0 Å². The fourth-order valence-corrected chi connectivity index (χ4v) is 2.57. The Morgan fingerprint density at radius 3 is 3.07 bits per heavy atom. The topological polar surface area (TPSA) is 47.8 Å². The van der Waals surface area contributed by atoms with E-state index >= 15 is 0 Å². The molecule has 78 valence electrons. The molecule has 0 radical (unpaired) electrons. The van der Waals surface area contributed by atoms with Crippen molar-refractivity contribution in [3.8, 4) is 0 Å². The molecule has 0 saturated heterocycles. The molecule has 0 bridgehead atoms. The van der Waals surface area contributed by atoms with Crippen molar-refractivity contribution < 1.29 is 4.79 Å². The summed E-state index contributed by atoms with van der Waals surface area (Å²) in [4.78, 5) is 12.0. The van der Waals surface area contributed by atoms with Gasteiger partial charge >= 0.3 is 0 Å². The molecule has 0 fully saturated rings. The van der Waals surface area contributed by atoms with Crippen molar-refractivity contribution in [1.82, 2.24) is 15.0 Å². The van der Waals surface area contributed by atoms with Crippen LogP contribution in [0.4, 0.5) is 0 Å². The normalized spacial score (nSPS) is 10.5. The van der Waals surface area contributed by atoms with Gasteiger partial charge in [-0.1, -0.05) is 5.21 Å². The molecule has 4 nitrogen and oxygen atoms in total. The molecule has 0 aliphatic carbocycles. The highest BCUT2D eigenvalue weighted by Gasteiger charge is 2.15. The molecule has 2 rings (SSSR count). The molecule has 0 aliphatic rings. The van der Waals surface area contributed by atoms with Crippen molar-refractivity contribution in [2.24, 2.45) is 0 Å². The van der Waals surface area contributed by atoms with Gasteiger partial charge in [0.25, 0.3) is 0 Å². The number of nitrogens with zero attached hydrogens (tertiary/aromatic N) is 3. The van der Waals surface area contributed by atoms with E-state index in [1.54, 1.807) is 16.0 Å². The maximum Gasteiger partial charge on any atom is 0.213 e. The highest BCUT2D eigenvalue weighted by molar-refractivity contribution is 14.1. The Morgan fingerprint density at radius 1 is 1.67 bits per heavy atom. The van der Waals surface area contributed by atoms with Crippen LogP contribution >= 0.6 is 33.9 Å². The Morgan fingerprint density at radius 2 is 2.47 bits per heavy atom. The summed E-state index contributed by atoms with van der Waals surface area (Å²) < 4.78 is 2.71. The van der Waals surface area contributed by atoms with Crippen molar-refractivity contribution >= 4 is 39.7 Å². The Bertz CT molecular complexity index is 491. The first-order valence-corrected chi connectivity index (χ1v) is 6.35. The summed E-state index contributed by atoms with van der Waals surface area (Å²) in [5, 5.41) is 9.43. The SMILES string of the molecule is CCn1nncc1C(=O)c1csc(I)c1. The standard InChI is InChI=1S/C9H8IN3OS/c1-2-13-7(4-11-12-13)9(14)6-3-8(10)15-5-6/h3-5H,2H2,1H3. The molecule has 15 heavy (non-hydrogen) atoms. The molecular formula is C9H8IN3OS. The van der Waals surface area contributed by atoms with E-state index in [1.165, 1.54) is 6.20 Å². The molecular weight excluding hydrogens is 325 g/mol. The fourth-order valence-electron chi connectivity index (χ4n) is 1.24. The van der Waals surface area contributed by atoms with E-state index in [0.29, 0.717) is 17.8 Å². The van der Waals surface area contributed by atoms with Gasteiger partial charge < -0.3 is 0 Å². The molecule has 2 aromatic heterocycles. The summed E-state index contributed by atoms with van der Waals surface area (Å²) in [6.45, 7) is 2.59. The largest absolute Gasteiger partial charge is 0.287 e. The third-order valence-electron chi connectivity index (χ3n) is 1.98. The van der Waals surface area contributed by atoms with E-state index < -0.39 is 0 Å². The molecule has 6 heteroatoms. The summed E-state index contributed by atoms with van der Waals surface area (Å²) in [5.41, 5.74) is 1.26. The predicted octanol–water partition coefficient (Wildman–Crippen LogP) is 2.20. The number of hydrogen-bond donors (Lipinski definition) is 0. The second-order valence-corrected chi connectivity index (χ2v) is 5.71. The van der Waals surface area contributed by atoms with Crippen LogP contribution in [0.3, 0.4) is 0 Å². The van der Waals surface area contributed by atoms with Crippen LogP contribution in [-0.4, -0.2) is 20.8 Å². The van der Waals surface area contributed by atoms with Crippen molar-refractivity contribution in [1.29, 1.82) is 0 Å². The third-order valence-corrected chi connectivity index (χ3v) is 3.77. The average Bonchev–Trinajstić information content (AvgIpc) is 2.84. The van der Waals surface area contributed by atoms with Gasteiger partial charge in [-0.2, -0.15) is 0 Å².